The van der Waals surface area contributed by atoms with Crippen LogP contribution in [0.4, 0.5) is 15.8 Å². The Balaban J connectivity index is 2.36. The maximum Gasteiger partial charge on any atom is 0.293 e. The highest BCUT2D eigenvalue weighted by atomic mass is 19.1. The Bertz CT molecular complexity index is 685. The third-order valence-electron chi connectivity index (χ3n) is 3.37. The number of fused-ring (bicyclic) bond motifs is 3. The Hall–Kier alpha value is -2.43. The van der Waals surface area contributed by atoms with Crippen molar-refractivity contribution in [1.82, 2.24) is 0 Å². The van der Waals surface area contributed by atoms with Gasteiger partial charge in [0.05, 0.1) is 4.92 Å². The van der Waals surface area contributed by atoms with Crippen molar-refractivity contribution in [3.63, 3.8) is 0 Å². The summed E-state index contributed by atoms with van der Waals surface area (Å²) in [7, 11) is 1.78. The molecule has 0 amide bonds. The van der Waals surface area contributed by atoms with E-state index in [2.05, 4.69) is 0 Å². The minimum atomic E-state index is -0.429. The molecule has 3 rings (SSSR count). The van der Waals surface area contributed by atoms with E-state index < -0.39 is 4.92 Å². The summed E-state index contributed by atoms with van der Waals surface area (Å²) in [6, 6.07) is 9.64. The fourth-order valence-corrected chi connectivity index (χ4v) is 2.62. The number of nitrogens with zero attached hydrogens (tertiary/aromatic N) is 2. The van der Waals surface area contributed by atoms with Crippen molar-refractivity contribution in [2.75, 3.05) is 11.9 Å². The Labute approximate surface area is 109 Å². The van der Waals surface area contributed by atoms with Crippen LogP contribution in [0.5, 0.6) is 0 Å². The second-order valence-corrected chi connectivity index (χ2v) is 4.56. The number of hydrogen-bond acceptors (Lipinski definition) is 3. The smallest absolute Gasteiger partial charge is 0.293 e. The van der Waals surface area contributed by atoms with Gasteiger partial charge >= 0.3 is 0 Å². The molecule has 0 spiro atoms. The van der Waals surface area contributed by atoms with Gasteiger partial charge in [-0.25, -0.2) is 4.39 Å². The molecule has 1 aliphatic heterocycles. The molecule has 4 nitrogen and oxygen atoms in total. The van der Waals surface area contributed by atoms with E-state index in [0.717, 1.165) is 5.56 Å². The predicted octanol–water partition coefficient (Wildman–Crippen LogP) is 3.35. The van der Waals surface area contributed by atoms with Crippen molar-refractivity contribution < 1.29 is 9.31 Å². The molecule has 0 unspecified atom stereocenters. The van der Waals surface area contributed by atoms with Gasteiger partial charge in [-0.05, 0) is 11.6 Å². The van der Waals surface area contributed by atoms with E-state index >= 15 is 0 Å². The second kappa shape index (κ2) is 4.05. The molecule has 19 heavy (non-hydrogen) atoms. The number of nitro groups is 1. The van der Waals surface area contributed by atoms with Crippen molar-refractivity contribution in [2.45, 2.75) is 6.54 Å². The summed E-state index contributed by atoms with van der Waals surface area (Å²) in [5.74, 6) is -0.340. The first-order valence-corrected chi connectivity index (χ1v) is 5.86. The van der Waals surface area contributed by atoms with E-state index in [0.29, 0.717) is 23.4 Å². The van der Waals surface area contributed by atoms with Crippen LogP contribution < -0.4 is 4.90 Å². The van der Waals surface area contributed by atoms with E-state index in [4.69, 9.17) is 0 Å². The lowest BCUT2D eigenvalue weighted by molar-refractivity contribution is -0.384. The lowest BCUT2D eigenvalue weighted by atomic mass is 9.92. The van der Waals surface area contributed by atoms with Crippen LogP contribution in [0.25, 0.3) is 11.1 Å². The summed E-state index contributed by atoms with van der Waals surface area (Å²) in [6.07, 6.45) is 0. The molecule has 0 radical (unpaired) electrons. The topological polar surface area (TPSA) is 46.4 Å². The van der Waals surface area contributed by atoms with Crippen molar-refractivity contribution in [1.29, 1.82) is 0 Å². The number of hydrogen-bond donors (Lipinski definition) is 0. The average Bonchev–Trinajstić information content (AvgIpc) is 2.38. The van der Waals surface area contributed by atoms with Crippen LogP contribution in [0.15, 0.2) is 36.4 Å². The molecule has 96 valence electrons. The van der Waals surface area contributed by atoms with Crippen molar-refractivity contribution >= 4 is 11.4 Å². The molecule has 0 aromatic heterocycles. The zero-order chi connectivity index (χ0) is 13.6. The molecule has 0 N–H and O–H groups in total. The molecule has 0 bridgehead atoms. The van der Waals surface area contributed by atoms with Crippen LogP contribution in [-0.4, -0.2) is 12.0 Å². The van der Waals surface area contributed by atoms with Crippen LogP contribution in [0, 0.1) is 15.9 Å². The SMILES string of the molecule is CN1Cc2cccc(F)c2-c2cccc([N+](=O)[O-])c21. The van der Waals surface area contributed by atoms with Gasteiger partial charge in [-0.15, -0.1) is 0 Å². The molecule has 2 aromatic rings. The van der Waals surface area contributed by atoms with E-state index in [9.17, 15) is 14.5 Å². The van der Waals surface area contributed by atoms with Crippen LogP contribution in [0.2, 0.25) is 0 Å². The minimum Gasteiger partial charge on any atom is -0.364 e. The third-order valence-corrected chi connectivity index (χ3v) is 3.37. The van der Waals surface area contributed by atoms with Gasteiger partial charge in [0.15, 0.2) is 0 Å². The average molecular weight is 258 g/mol. The normalized spacial score (nSPS) is 12.8. The molecule has 0 atom stereocenters. The van der Waals surface area contributed by atoms with Gasteiger partial charge in [0, 0.05) is 30.8 Å². The fraction of sp³-hybridized carbons (Fsp3) is 0.143. The van der Waals surface area contributed by atoms with Crippen molar-refractivity contribution in [3.8, 4) is 11.1 Å². The van der Waals surface area contributed by atoms with Gasteiger partial charge < -0.3 is 4.90 Å². The number of benzene rings is 2. The van der Waals surface area contributed by atoms with E-state index in [1.165, 1.54) is 12.1 Å². The first-order valence-electron chi connectivity index (χ1n) is 5.86. The summed E-state index contributed by atoms with van der Waals surface area (Å²) in [5.41, 5.74) is 2.38. The molecule has 2 aromatic carbocycles. The van der Waals surface area contributed by atoms with Gasteiger partial charge in [0.25, 0.3) is 5.69 Å². The first-order chi connectivity index (χ1) is 9.09. The highest BCUT2D eigenvalue weighted by molar-refractivity contribution is 5.89. The summed E-state index contributed by atoms with van der Waals surface area (Å²) in [4.78, 5) is 12.5. The largest absolute Gasteiger partial charge is 0.364 e. The Morgan fingerprint density at radius 3 is 2.74 bits per heavy atom. The predicted molar refractivity (Wildman–Crippen MR) is 70.6 cm³/mol. The molecular weight excluding hydrogens is 247 g/mol. The number of halogens is 1. The zero-order valence-corrected chi connectivity index (χ0v) is 10.3. The summed E-state index contributed by atoms with van der Waals surface area (Å²) >= 11 is 0. The maximum atomic E-state index is 14.0. The van der Waals surface area contributed by atoms with Gasteiger partial charge in [-0.1, -0.05) is 24.3 Å². The van der Waals surface area contributed by atoms with Gasteiger partial charge in [0.1, 0.15) is 11.5 Å². The van der Waals surface area contributed by atoms with Crippen LogP contribution in [0.1, 0.15) is 5.56 Å². The van der Waals surface area contributed by atoms with E-state index in [1.54, 1.807) is 30.1 Å². The molecule has 0 saturated heterocycles. The fourth-order valence-electron chi connectivity index (χ4n) is 2.62. The van der Waals surface area contributed by atoms with Gasteiger partial charge in [-0.2, -0.15) is 0 Å². The van der Waals surface area contributed by atoms with Crippen molar-refractivity contribution in [3.05, 3.63) is 57.9 Å². The third kappa shape index (κ3) is 1.66. The Kier molecular flexibility index (Phi) is 2.48. The standard InChI is InChI=1S/C14H11FN2O2/c1-16-8-9-4-2-6-11(15)13(9)10-5-3-7-12(14(10)16)17(18)19/h2-7H,8H2,1H3. The molecule has 0 fully saturated rings. The van der Waals surface area contributed by atoms with E-state index in [1.807, 2.05) is 6.07 Å². The van der Waals surface area contributed by atoms with Crippen LogP contribution in [0.3, 0.4) is 0 Å². The molecule has 5 heteroatoms. The monoisotopic (exact) mass is 258 g/mol. The van der Waals surface area contributed by atoms with E-state index in [-0.39, 0.29) is 11.5 Å². The number of nitro benzene ring substituents is 1. The highest BCUT2D eigenvalue weighted by Gasteiger charge is 2.28. The van der Waals surface area contributed by atoms with Gasteiger partial charge in [0.2, 0.25) is 0 Å². The van der Waals surface area contributed by atoms with Crippen LogP contribution >= 0.6 is 0 Å². The molecule has 0 saturated carbocycles. The highest BCUT2D eigenvalue weighted by Crippen LogP contribution is 2.44. The molecule has 1 aliphatic rings. The molecule has 0 aliphatic carbocycles. The number of anilines is 1. The summed E-state index contributed by atoms with van der Waals surface area (Å²) < 4.78 is 14.0. The summed E-state index contributed by atoms with van der Waals surface area (Å²) in [5, 5.41) is 11.1. The van der Waals surface area contributed by atoms with Crippen LogP contribution in [-0.2, 0) is 6.54 Å². The first kappa shape index (κ1) is 11.6. The molecule has 1 heterocycles. The quantitative estimate of drug-likeness (QED) is 0.582. The van der Waals surface area contributed by atoms with Gasteiger partial charge in [-0.3, -0.25) is 10.1 Å². The molecular formula is C14H11FN2O2. The number of rotatable bonds is 1. The minimum absolute atomic E-state index is 0.00824. The lowest BCUT2D eigenvalue weighted by Crippen LogP contribution is -2.23. The Morgan fingerprint density at radius 1 is 1.26 bits per heavy atom. The zero-order valence-electron chi connectivity index (χ0n) is 10.3. The number of para-hydroxylation sites is 1. The maximum absolute atomic E-state index is 14.0. The summed E-state index contributed by atoms with van der Waals surface area (Å²) in [6.45, 7) is 0.463. The van der Waals surface area contributed by atoms with Crippen molar-refractivity contribution in [2.24, 2.45) is 0 Å². The Morgan fingerprint density at radius 2 is 2.00 bits per heavy atom. The lowest BCUT2D eigenvalue weighted by Gasteiger charge is -2.29. The second-order valence-electron chi connectivity index (χ2n) is 4.56.